The Morgan fingerprint density at radius 3 is 2.88 bits per heavy atom. The molecule has 6 heteroatoms. The van der Waals surface area contributed by atoms with Gasteiger partial charge >= 0.3 is 5.97 Å². The summed E-state index contributed by atoms with van der Waals surface area (Å²) < 4.78 is 1.77. The molecule has 1 unspecified atom stereocenters. The summed E-state index contributed by atoms with van der Waals surface area (Å²) in [6.07, 6.45) is 6.69. The third-order valence-corrected chi connectivity index (χ3v) is 2.27. The Labute approximate surface area is 97.9 Å². The van der Waals surface area contributed by atoms with Crippen LogP contribution in [0.3, 0.4) is 0 Å². The van der Waals surface area contributed by atoms with E-state index in [2.05, 4.69) is 15.3 Å². The van der Waals surface area contributed by atoms with Crippen LogP contribution in [-0.2, 0) is 4.79 Å². The number of anilines is 1. The van der Waals surface area contributed by atoms with Gasteiger partial charge < -0.3 is 10.4 Å². The van der Waals surface area contributed by atoms with E-state index in [9.17, 15) is 4.79 Å². The molecule has 0 spiro atoms. The quantitative estimate of drug-likeness (QED) is 0.826. The van der Waals surface area contributed by atoms with E-state index < -0.39 is 12.0 Å². The zero-order valence-electron chi connectivity index (χ0n) is 9.24. The highest BCUT2D eigenvalue weighted by Gasteiger charge is 2.09. The lowest BCUT2D eigenvalue weighted by atomic mass is 10.3. The average Bonchev–Trinajstić information content (AvgIpc) is 2.83. The Balaban J connectivity index is 2.11. The van der Waals surface area contributed by atoms with Crippen LogP contribution in [0.2, 0.25) is 0 Å². The Bertz CT molecular complexity index is 493. The first kappa shape index (κ1) is 11.1. The van der Waals surface area contributed by atoms with Crippen molar-refractivity contribution < 1.29 is 9.90 Å². The second-order valence-electron chi connectivity index (χ2n) is 3.58. The second kappa shape index (κ2) is 4.65. The molecule has 0 radical (unpaired) electrons. The molecule has 88 valence electrons. The molecular formula is C11H12N4O2. The molecule has 2 rings (SSSR count). The molecule has 0 aliphatic heterocycles. The predicted molar refractivity (Wildman–Crippen MR) is 62.1 cm³/mol. The van der Waals surface area contributed by atoms with Crippen molar-refractivity contribution in [3.05, 3.63) is 37.1 Å². The van der Waals surface area contributed by atoms with Crippen LogP contribution < -0.4 is 5.32 Å². The number of nitrogens with one attached hydrogen (secondary N) is 1. The van der Waals surface area contributed by atoms with Gasteiger partial charge in [-0.3, -0.25) is 9.36 Å². The van der Waals surface area contributed by atoms with Gasteiger partial charge in [-0.25, -0.2) is 9.97 Å². The molecule has 2 N–H and O–H groups in total. The Hall–Kier alpha value is -2.37. The maximum Gasteiger partial charge on any atom is 0.325 e. The first-order chi connectivity index (χ1) is 8.16. The summed E-state index contributed by atoms with van der Waals surface area (Å²) in [5.41, 5.74) is 0.670. The molecule has 0 fully saturated rings. The Morgan fingerprint density at radius 1 is 1.53 bits per heavy atom. The first-order valence-electron chi connectivity index (χ1n) is 5.10. The third kappa shape index (κ3) is 2.60. The van der Waals surface area contributed by atoms with E-state index in [1.54, 1.807) is 48.5 Å². The van der Waals surface area contributed by atoms with Crippen LogP contribution in [0.1, 0.15) is 6.92 Å². The zero-order valence-corrected chi connectivity index (χ0v) is 9.24. The highest BCUT2D eigenvalue weighted by atomic mass is 16.4. The lowest BCUT2D eigenvalue weighted by molar-refractivity contribution is -0.137. The molecule has 17 heavy (non-hydrogen) atoms. The summed E-state index contributed by atoms with van der Waals surface area (Å²) in [4.78, 5) is 18.8. The number of imidazole rings is 1. The minimum Gasteiger partial charge on any atom is -0.480 e. The molecule has 2 heterocycles. The number of nitrogens with zero attached hydrogens (tertiary/aromatic N) is 3. The van der Waals surface area contributed by atoms with Crippen molar-refractivity contribution in [2.24, 2.45) is 0 Å². The maximum atomic E-state index is 10.7. The molecule has 0 saturated heterocycles. The molecule has 0 bridgehead atoms. The van der Waals surface area contributed by atoms with Gasteiger partial charge in [0.1, 0.15) is 18.2 Å². The van der Waals surface area contributed by atoms with Gasteiger partial charge in [0.05, 0.1) is 11.9 Å². The molecule has 6 nitrogen and oxygen atoms in total. The maximum absolute atomic E-state index is 10.7. The summed E-state index contributed by atoms with van der Waals surface area (Å²) in [6.45, 7) is 1.58. The van der Waals surface area contributed by atoms with Gasteiger partial charge in [0.2, 0.25) is 0 Å². The topological polar surface area (TPSA) is 80.0 Å². The molecule has 2 aromatic heterocycles. The minimum atomic E-state index is -0.899. The van der Waals surface area contributed by atoms with Gasteiger partial charge in [-0.2, -0.15) is 0 Å². The number of pyridine rings is 1. The number of hydrogen-bond acceptors (Lipinski definition) is 4. The molecule has 0 amide bonds. The Kier molecular flexibility index (Phi) is 3.04. The van der Waals surface area contributed by atoms with E-state index in [0.29, 0.717) is 5.69 Å². The standard InChI is InChI=1S/C11H12N4O2/c1-8(11(16)17)14-9-2-3-10(13-6-9)15-5-4-12-7-15/h2-8,14H,1H3,(H,16,17). The summed E-state index contributed by atoms with van der Waals surface area (Å²) in [6, 6.07) is 2.93. The third-order valence-electron chi connectivity index (χ3n) is 2.27. The number of aromatic nitrogens is 3. The number of aliphatic carboxylic acids is 1. The van der Waals surface area contributed by atoms with Gasteiger partial charge in [0, 0.05) is 12.4 Å². The SMILES string of the molecule is CC(Nc1ccc(-n2ccnc2)nc1)C(=O)O. The van der Waals surface area contributed by atoms with Crippen LogP contribution >= 0.6 is 0 Å². The monoisotopic (exact) mass is 232 g/mol. The van der Waals surface area contributed by atoms with Crippen molar-refractivity contribution in [1.82, 2.24) is 14.5 Å². The van der Waals surface area contributed by atoms with Crippen molar-refractivity contribution in [3.8, 4) is 5.82 Å². The normalized spacial score (nSPS) is 12.1. The largest absolute Gasteiger partial charge is 0.480 e. The molecule has 2 aromatic rings. The molecule has 0 aliphatic rings. The first-order valence-corrected chi connectivity index (χ1v) is 5.10. The van der Waals surface area contributed by atoms with E-state index in [-0.39, 0.29) is 0 Å². The van der Waals surface area contributed by atoms with Crippen LogP contribution in [0.25, 0.3) is 5.82 Å². The molecule has 0 aliphatic carbocycles. The summed E-state index contributed by atoms with van der Waals surface area (Å²) >= 11 is 0. The number of carbonyl (C=O) groups is 1. The lowest BCUT2D eigenvalue weighted by Crippen LogP contribution is -2.25. The van der Waals surface area contributed by atoms with Crippen molar-refractivity contribution in [1.29, 1.82) is 0 Å². The van der Waals surface area contributed by atoms with Crippen LogP contribution in [0.15, 0.2) is 37.1 Å². The van der Waals surface area contributed by atoms with E-state index in [4.69, 9.17) is 5.11 Å². The number of hydrogen-bond donors (Lipinski definition) is 2. The fourth-order valence-corrected chi connectivity index (χ4v) is 1.33. The molecule has 1 atom stereocenters. The fourth-order valence-electron chi connectivity index (χ4n) is 1.33. The van der Waals surface area contributed by atoms with Gasteiger partial charge in [0.25, 0.3) is 0 Å². The van der Waals surface area contributed by atoms with E-state index in [0.717, 1.165) is 5.82 Å². The van der Waals surface area contributed by atoms with Crippen LogP contribution in [-0.4, -0.2) is 31.7 Å². The van der Waals surface area contributed by atoms with Crippen LogP contribution in [0, 0.1) is 0 Å². The van der Waals surface area contributed by atoms with E-state index >= 15 is 0 Å². The van der Waals surface area contributed by atoms with Crippen molar-refractivity contribution in [2.75, 3.05) is 5.32 Å². The van der Waals surface area contributed by atoms with Crippen molar-refractivity contribution in [3.63, 3.8) is 0 Å². The van der Waals surface area contributed by atoms with Gasteiger partial charge in [-0.1, -0.05) is 0 Å². The van der Waals surface area contributed by atoms with Gasteiger partial charge in [-0.15, -0.1) is 0 Å². The van der Waals surface area contributed by atoms with Crippen molar-refractivity contribution in [2.45, 2.75) is 13.0 Å². The number of carboxylic acid groups (broad SMARTS) is 1. The van der Waals surface area contributed by atoms with Crippen molar-refractivity contribution >= 4 is 11.7 Å². The minimum absolute atomic E-state index is 0.643. The summed E-state index contributed by atoms with van der Waals surface area (Å²) in [5, 5.41) is 11.6. The predicted octanol–water partition coefficient (Wildman–Crippen LogP) is 1.15. The smallest absolute Gasteiger partial charge is 0.325 e. The van der Waals surface area contributed by atoms with E-state index in [1.165, 1.54) is 0 Å². The number of carboxylic acids is 1. The van der Waals surface area contributed by atoms with Gasteiger partial charge in [-0.05, 0) is 19.1 Å². The summed E-state index contributed by atoms with van der Waals surface area (Å²) in [7, 11) is 0. The zero-order chi connectivity index (χ0) is 12.3. The van der Waals surface area contributed by atoms with Gasteiger partial charge in [0.15, 0.2) is 0 Å². The average molecular weight is 232 g/mol. The lowest BCUT2D eigenvalue weighted by Gasteiger charge is -2.10. The number of rotatable bonds is 4. The molecular weight excluding hydrogens is 220 g/mol. The Morgan fingerprint density at radius 2 is 2.35 bits per heavy atom. The van der Waals surface area contributed by atoms with E-state index in [1.807, 2.05) is 0 Å². The summed E-state index contributed by atoms with van der Waals surface area (Å²) in [5.74, 6) is -0.167. The molecule has 0 aromatic carbocycles. The molecule has 0 saturated carbocycles. The van der Waals surface area contributed by atoms with Crippen LogP contribution in [0.4, 0.5) is 5.69 Å². The fraction of sp³-hybridized carbons (Fsp3) is 0.182. The van der Waals surface area contributed by atoms with Crippen LogP contribution in [0.5, 0.6) is 0 Å². The highest BCUT2D eigenvalue weighted by Crippen LogP contribution is 2.10. The highest BCUT2D eigenvalue weighted by molar-refractivity contribution is 5.76. The second-order valence-corrected chi connectivity index (χ2v) is 3.58.